The predicted octanol–water partition coefficient (Wildman–Crippen LogP) is -2.23. The summed E-state index contributed by atoms with van der Waals surface area (Å²) in [6.45, 7) is 2.14. The lowest BCUT2D eigenvalue weighted by Gasteiger charge is -2.32. The molecule has 8 nitrogen and oxygen atoms in total. The van der Waals surface area contributed by atoms with Crippen molar-refractivity contribution in [3.63, 3.8) is 0 Å². The Morgan fingerprint density at radius 2 is 1.88 bits per heavy atom. The molecule has 8 heteroatoms. The van der Waals surface area contributed by atoms with Gasteiger partial charge in [-0.1, -0.05) is 12.1 Å². The Balaban J connectivity index is 0.000000224. The summed E-state index contributed by atoms with van der Waals surface area (Å²) in [5.74, 6) is -3.74. The number of fused-ring (bicyclic) bond motifs is 2. The maximum absolute atomic E-state index is 9.41. The van der Waals surface area contributed by atoms with Crippen molar-refractivity contribution in [2.75, 3.05) is 19.7 Å². The molecule has 0 aromatic heterocycles. The number of morpholine rings is 1. The summed E-state index contributed by atoms with van der Waals surface area (Å²) in [4.78, 5) is 18.8. The van der Waals surface area contributed by atoms with Crippen LogP contribution >= 0.6 is 0 Å². The van der Waals surface area contributed by atoms with Crippen LogP contribution in [-0.4, -0.2) is 37.7 Å². The van der Waals surface area contributed by atoms with Crippen LogP contribution in [0.15, 0.2) is 36.4 Å². The molecule has 24 heavy (non-hydrogen) atoms. The van der Waals surface area contributed by atoms with Gasteiger partial charge in [-0.25, -0.2) is 0 Å². The number of aliphatic carboxylic acids is 2. The summed E-state index contributed by atoms with van der Waals surface area (Å²) in [5.41, 5.74) is 1.62. The molecule has 0 amide bonds. The Bertz CT molecular complexity index is 659. The highest BCUT2D eigenvalue weighted by molar-refractivity contribution is 5.87. The number of carbonyl (C=O) groups excluding carboxylic acids is 2. The van der Waals surface area contributed by atoms with Gasteiger partial charge in [0.05, 0.1) is 42.8 Å². The number of benzene rings is 1. The largest absolute Gasteiger partial charge is 0.545 e. The van der Waals surface area contributed by atoms with Gasteiger partial charge < -0.3 is 34.6 Å². The van der Waals surface area contributed by atoms with Crippen LogP contribution in [0.4, 0.5) is 0 Å². The molecular formula is C16H14N2O6-2. The summed E-state index contributed by atoms with van der Waals surface area (Å²) in [5, 5.41) is 30.9. The van der Waals surface area contributed by atoms with Gasteiger partial charge in [-0.05, 0) is 24.3 Å². The molecule has 2 saturated heterocycles. The topological polar surface area (TPSA) is 135 Å². The minimum absolute atomic E-state index is 0.143. The zero-order valence-corrected chi connectivity index (χ0v) is 12.6. The molecular weight excluding hydrogens is 316 g/mol. The first-order chi connectivity index (χ1) is 11.4. The van der Waals surface area contributed by atoms with E-state index in [9.17, 15) is 19.8 Å². The van der Waals surface area contributed by atoms with E-state index in [0.717, 1.165) is 12.1 Å². The van der Waals surface area contributed by atoms with Crippen molar-refractivity contribution in [3.8, 4) is 6.07 Å². The molecule has 2 bridgehead atoms. The highest BCUT2D eigenvalue weighted by atomic mass is 16.7. The number of ether oxygens (including phenoxy) is 2. The number of hydrogen-bond donors (Lipinski definition) is 1. The average molecular weight is 330 g/mol. The van der Waals surface area contributed by atoms with Gasteiger partial charge in [0.25, 0.3) is 0 Å². The maximum atomic E-state index is 9.41. The summed E-state index contributed by atoms with van der Waals surface area (Å²) in [6, 6.07) is 9.48. The fourth-order valence-electron chi connectivity index (χ4n) is 2.34. The van der Waals surface area contributed by atoms with Crippen molar-refractivity contribution in [1.29, 1.82) is 5.26 Å². The third-order valence-electron chi connectivity index (χ3n) is 3.40. The van der Waals surface area contributed by atoms with Gasteiger partial charge in [0.2, 0.25) is 5.79 Å². The minimum atomic E-state index is -1.55. The number of hydrogen-bond acceptors (Lipinski definition) is 8. The van der Waals surface area contributed by atoms with E-state index in [-0.39, 0.29) is 6.10 Å². The molecule has 0 saturated carbocycles. The van der Waals surface area contributed by atoms with Gasteiger partial charge in [-0.15, -0.1) is 0 Å². The monoisotopic (exact) mass is 330 g/mol. The van der Waals surface area contributed by atoms with Gasteiger partial charge in [-0.3, -0.25) is 0 Å². The Labute approximate surface area is 137 Å². The zero-order valence-electron chi connectivity index (χ0n) is 12.6. The SMILES string of the molecule is N#Cc1ccc(C23CNCC(CO2)O3)cc1.O=C([O-])/C=C\C(=O)[O-]. The molecule has 2 aliphatic heterocycles. The summed E-state index contributed by atoms with van der Waals surface area (Å²) < 4.78 is 11.6. The molecule has 2 heterocycles. The van der Waals surface area contributed by atoms with E-state index in [1.807, 2.05) is 12.1 Å². The molecule has 2 unspecified atom stereocenters. The minimum Gasteiger partial charge on any atom is -0.545 e. The van der Waals surface area contributed by atoms with Crippen LogP contribution in [-0.2, 0) is 24.8 Å². The van der Waals surface area contributed by atoms with E-state index in [2.05, 4.69) is 11.4 Å². The lowest BCUT2D eigenvalue weighted by atomic mass is 10.0. The fourth-order valence-corrected chi connectivity index (χ4v) is 2.34. The van der Waals surface area contributed by atoms with E-state index in [1.54, 1.807) is 12.1 Å². The molecule has 0 spiro atoms. The van der Waals surface area contributed by atoms with Crippen LogP contribution in [0, 0.1) is 11.3 Å². The molecule has 1 aromatic carbocycles. The van der Waals surface area contributed by atoms with E-state index in [1.165, 1.54) is 0 Å². The van der Waals surface area contributed by atoms with Gasteiger partial charge in [-0.2, -0.15) is 5.26 Å². The molecule has 126 valence electrons. The number of rotatable bonds is 3. The Morgan fingerprint density at radius 1 is 1.25 bits per heavy atom. The molecule has 1 N–H and O–H groups in total. The molecule has 3 rings (SSSR count). The Kier molecular flexibility index (Phi) is 5.65. The lowest BCUT2D eigenvalue weighted by molar-refractivity contribution is -0.301. The standard InChI is InChI=1S/C12H12N2O2.C4H4O4/c13-5-9-1-3-10(4-2-9)12-8-14-6-11(16-12)7-15-12;5-3(6)1-2-4(7)8/h1-4,11,14H,6-8H2;1-2H,(H,5,6)(H,7,8)/p-2/b;2-1-. The number of nitriles is 1. The fraction of sp³-hybridized carbons (Fsp3) is 0.312. The summed E-state index contributed by atoms with van der Waals surface area (Å²) >= 11 is 0. The quantitative estimate of drug-likeness (QED) is 0.615. The first-order valence-corrected chi connectivity index (χ1v) is 7.08. The number of carboxylic acids is 2. The number of nitrogens with zero attached hydrogens (tertiary/aromatic N) is 1. The average Bonchev–Trinajstić information content (AvgIpc) is 2.89. The summed E-state index contributed by atoms with van der Waals surface area (Å²) in [6.07, 6.45) is 0.911. The van der Waals surface area contributed by atoms with E-state index in [4.69, 9.17) is 14.7 Å². The van der Waals surface area contributed by atoms with Crippen LogP contribution in [0.1, 0.15) is 11.1 Å². The molecule has 0 radical (unpaired) electrons. The Hall–Kier alpha value is -2.73. The number of carboxylic acid groups (broad SMARTS) is 2. The molecule has 2 atom stereocenters. The second-order valence-corrected chi connectivity index (χ2v) is 5.10. The normalized spacial score (nSPS) is 24.7. The van der Waals surface area contributed by atoms with Crippen LogP contribution in [0.2, 0.25) is 0 Å². The van der Waals surface area contributed by atoms with Crippen molar-refractivity contribution in [1.82, 2.24) is 5.32 Å². The summed E-state index contributed by atoms with van der Waals surface area (Å²) in [7, 11) is 0. The molecule has 1 aromatic rings. The van der Waals surface area contributed by atoms with Crippen molar-refractivity contribution in [2.24, 2.45) is 0 Å². The van der Waals surface area contributed by atoms with E-state index >= 15 is 0 Å². The predicted molar refractivity (Wildman–Crippen MR) is 75.7 cm³/mol. The van der Waals surface area contributed by atoms with Crippen molar-refractivity contribution in [2.45, 2.75) is 11.9 Å². The number of nitrogens with one attached hydrogen (secondary N) is 1. The molecule has 2 fully saturated rings. The third-order valence-corrected chi connectivity index (χ3v) is 3.40. The second kappa shape index (κ2) is 7.70. The third kappa shape index (κ3) is 4.39. The highest BCUT2D eigenvalue weighted by Crippen LogP contribution is 2.35. The lowest BCUT2D eigenvalue weighted by Crippen LogP contribution is -2.46. The van der Waals surface area contributed by atoms with Crippen LogP contribution < -0.4 is 15.5 Å². The van der Waals surface area contributed by atoms with Crippen LogP contribution in [0.3, 0.4) is 0 Å². The van der Waals surface area contributed by atoms with Crippen LogP contribution in [0.25, 0.3) is 0 Å². The Morgan fingerprint density at radius 3 is 2.42 bits per heavy atom. The van der Waals surface area contributed by atoms with Gasteiger partial charge in [0.15, 0.2) is 0 Å². The van der Waals surface area contributed by atoms with Crippen molar-refractivity contribution >= 4 is 11.9 Å². The first kappa shape index (κ1) is 17.6. The zero-order chi connectivity index (χ0) is 17.6. The molecule has 2 aliphatic rings. The smallest absolute Gasteiger partial charge is 0.208 e. The second-order valence-electron chi connectivity index (χ2n) is 5.10. The van der Waals surface area contributed by atoms with Gasteiger partial charge >= 0.3 is 0 Å². The van der Waals surface area contributed by atoms with Crippen molar-refractivity contribution in [3.05, 3.63) is 47.5 Å². The molecule has 0 aliphatic carbocycles. The highest BCUT2D eigenvalue weighted by Gasteiger charge is 2.45. The van der Waals surface area contributed by atoms with E-state index in [0.29, 0.717) is 30.9 Å². The van der Waals surface area contributed by atoms with Gasteiger partial charge in [0, 0.05) is 12.1 Å². The number of carbonyl (C=O) groups is 2. The maximum Gasteiger partial charge on any atom is 0.208 e. The first-order valence-electron chi connectivity index (χ1n) is 7.08. The van der Waals surface area contributed by atoms with Crippen LogP contribution in [0.5, 0.6) is 0 Å². The van der Waals surface area contributed by atoms with Gasteiger partial charge in [0.1, 0.15) is 0 Å². The van der Waals surface area contributed by atoms with E-state index < -0.39 is 17.7 Å². The van der Waals surface area contributed by atoms with Crippen molar-refractivity contribution < 1.29 is 29.3 Å².